The molecule has 0 aliphatic rings. The number of hydrogen-bond acceptors (Lipinski definition) is 3. The molecule has 0 saturated carbocycles. The summed E-state index contributed by atoms with van der Waals surface area (Å²) in [5.41, 5.74) is 0.262. The first-order valence-electron chi connectivity index (χ1n) is 6.76. The highest BCUT2D eigenvalue weighted by Crippen LogP contribution is 2.23. The van der Waals surface area contributed by atoms with Crippen LogP contribution in [-0.2, 0) is 9.53 Å². The lowest BCUT2D eigenvalue weighted by atomic mass is 9.88. The number of carbonyl (C=O) groups is 1. The van der Waals surface area contributed by atoms with Crippen molar-refractivity contribution < 1.29 is 9.53 Å². The van der Waals surface area contributed by atoms with Crippen LogP contribution >= 0.6 is 0 Å². The Bertz CT molecular complexity index is 217. The first-order chi connectivity index (χ1) is 7.85. The van der Waals surface area contributed by atoms with Gasteiger partial charge in [0.1, 0.15) is 6.04 Å². The zero-order valence-corrected chi connectivity index (χ0v) is 12.4. The quantitative estimate of drug-likeness (QED) is 0.644. The van der Waals surface area contributed by atoms with Crippen molar-refractivity contribution >= 4 is 5.97 Å². The number of carbonyl (C=O) groups excluding carboxylic acids is 1. The van der Waals surface area contributed by atoms with E-state index in [4.69, 9.17) is 4.74 Å². The molecule has 0 amide bonds. The fourth-order valence-corrected chi connectivity index (χ4v) is 1.92. The Morgan fingerprint density at radius 1 is 1.18 bits per heavy atom. The minimum Gasteiger partial charge on any atom is -0.465 e. The molecule has 0 fully saturated rings. The number of hydrogen-bond donors (Lipinski definition) is 0. The summed E-state index contributed by atoms with van der Waals surface area (Å²) in [7, 11) is 0. The normalized spacial score (nSPS) is 13.8. The first-order valence-corrected chi connectivity index (χ1v) is 6.76. The molecule has 3 nitrogen and oxygen atoms in total. The van der Waals surface area contributed by atoms with Crippen LogP contribution in [0.15, 0.2) is 0 Å². The molecule has 0 heterocycles. The van der Waals surface area contributed by atoms with Crippen molar-refractivity contribution in [2.24, 2.45) is 5.41 Å². The topological polar surface area (TPSA) is 29.5 Å². The van der Waals surface area contributed by atoms with Gasteiger partial charge in [0.05, 0.1) is 6.61 Å². The van der Waals surface area contributed by atoms with E-state index in [0.717, 1.165) is 25.9 Å². The zero-order chi connectivity index (χ0) is 13.5. The largest absolute Gasteiger partial charge is 0.465 e. The predicted octanol–water partition coefficient (Wildman–Crippen LogP) is 3.09. The number of likely N-dealkylation sites (N-methyl/N-ethyl adjacent to an activating group) is 1. The second-order valence-corrected chi connectivity index (χ2v) is 5.59. The lowest BCUT2D eigenvalue weighted by Crippen LogP contribution is -2.42. The molecule has 0 radical (unpaired) electrons. The fraction of sp³-hybridized carbons (Fsp3) is 0.929. The van der Waals surface area contributed by atoms with E-state index in [9.17, 15) is 4.79 Å². The van der Waals surface area contributed by atoms with E-state index in [-0.39, 0.29) is 17.4 Å². The second-order valence-electron chi connectivity index (χ2n) is 5.59. The van der Waals surface area contributed by atoms with Gasteiger partial charge in [0.15, 0.2) is 0 Å². The highest BCUT2D eigenvalue weighted by Gasteiger charge is 2.26. The van der Waals surface area contributed by atoms with Gasteiger partial charge < -0.3 is 4.74 Å². The highest BCUT2D eigenvalue weighted by atomic mass is 16.5. The first kappa shape index (κ1) is 16.4. The monoisotopic (exact) mass is 243 g/mol. The third kappa shape index (κ3) is 6.67. The molecule has 0 bridgehead atoms. The van der Waals surface area contributed by atoms with Crippen molar-refractivity contribution in [1.29, 1.82) is 0 Å². The Labute approximate surface area is 107 Å². The third-order valence-corrected chi connectivity index (χ3v) is 2.98. The summed E-state index contributed by atoms with van der Waals surface area (Å²) in [6.45, 7) is 14.9. The predicted molar refractivity (Wildman–Crippen MR) is 72.0 cm³/mol. The summed E-state index contributed by atoms with van der Waals surface area (Å²) in [5.74, 6) is -0.0690. The minimum absolute atomic E-state index is 0.0690. The van der Waals surface area contributed by atoms with Gasteiger partial charge in [-0.15, -0.1) is 0 Å². The maximum atomic E-state index is 12.0. The fourth-order valence-electron chi connectivity index (χ4n) is 1.92. The smallest absolute Gasteiger partial charge is 0.323 e. The Morgan fingerprint density at radius 3 is 2.06 bits per heavy atom. The van der Waals surface area contributed by atoms with Gasteiger partial charge in [-0.2, -0.15) is 0 Å². The minimum atomic E-state index is -0.0795. The molecule has 1 unspecified atom stereocenters. The van der Waals surface area contributed by atoms with Crippen molar-refractivity contribution in [3.05, 3.63) is 0 Å². The molecular weight excluding hydrogens is 214 g/mol. The average molecular weight is 243 g/mol. The summed E-state index contributed by atoms with van der Waals surface area (Å²) in [6.07, 6.45) is 1.91. The molecular formula is C14H29NO2. The van der Waals surface area contributed by atoms with E-state index in [1.807, 2.05) is 6.92 Å². The van der Waals surface area contributed by atoms with Crippen LogP contribution in [0.1, 0.15) is 54.4 Å². The second kappa shape index (κ2) is 7.70. The highest BCUT2D eigenvalue weighted by molar-refractivity contribution is 5.75. The van der Waals surface area contributed by atoms with E-state index in [0.29, 0.717) is 6.61 Å². The molecule has 0 aromatic carbocycles. The summed E-state index contributed by atoms with van der Waals surface area (Å²) < 4.78 is 5.17. The van der Waals surface area contributed by atoms with Crippen LogP contribution in [-0.4, -0.2) is 36.6 Å². The standard InChI is InChI=1S/C14H29NO2/c1-7-15(8-2)12(13(16)17-9-3)10-11-14(4,5)6/h12H,7-11H2,1-6H3. The van der Waals surface area contributed by atoms with Gasteiger partial charge in [-0.25, -0.2) is 0 Å². The molecule has 0 aromatic rings. The molecule has 3 heteroatoms. The van der Waals surface area contributed by atoms with Gasteiger partial charge >= 0.3 is 5.97 Å². The molecule has 0 spiro atoms. The third-order valence-electron chi connectivity index (χ3n) is 2.98. The van der Waals surface area contributed by atoms with Gasteiger partial charge in [0.25, 0.3) is 0 Å². The Balaban J connectivity index is 4.55. The van der Waals surface area contributed by atoms with Crippen molar-refractivity contribution in [2.45, 2.75) is 60.4 Å². The van der Waals surface area contributed by atoms with Gasteiger partial charge in [0, 0.05) is 0 Å². The summed E-state index contributed by atoms with van der Waals surface area (Å²) in [6, 6.07) is -0.0795. The van der Waals surface area contributed by atoms with Crippen LogP contribution < -0.4 is 0 Å². The summed E-state index contributed by atoms with van der Waals surface area (Å²) in [5, 5.41) is 0. The Morgan fingerprint density at radius 2 is 1.71 bits per heavy atom. The zero-order valence-electron chi connectivity index (χ0n) is 12.4. The molecule has 0 aliphatic heterocycles. The number of rotatable bonds is 7. The summed E-state index contributed by atoms with van der Waals surface area (Å²) in [4.78, 5) is 14.1. The van der Waals surface area contributed by atoms with E-state index >= 15 is 0 Å². The van der Waals surface area contributed by atoms with Crippen LogP contribution in [0.2, 0.25) is 0 Å². The van der Waals surface area contributed by atoms with Crippen LogP contribution in [0.3, 0.4) is 0 Å². The van der Waals surface area contributed by atoms with Crippen molar-refractivity contribution in [2.75, 3.05) is 19.7 Å². The van der Waals surface area contributed by atoms with Crippen molar-refractivity contribution in [3.63, 3.8) is 0 Å². The van der Waals surface area contributed by atoms with E-state index < -0.39 is 0 Å². The number of nitrogens with zero attached hydrogens (tertiary/aromatic N) is 1. The molecule has 0 rings (SSSR count). The number of esters is 1. The molecule has 0 saturated heterocycles. The van der Waals surface area contributed by atoms with E-state index in [2.05, 4.69) is 39.5 Å². The maximum absolute atomic E-state index is 12.0. The van der Waals surface area contributed by atoms with Crippen LogP contribution in [0.5, 0.6) is 0 Å². The molecule has 102 valence electrons. The Hall–Kier alpha value is -0.570. The van der Waals surface area contributed by atoms with Gasteiger partial charge in [-0.3, -0.25) is 9.69 Å². The van der Waals surface area contributed by atoms with E-state index in [1.165, 1.54) is 0 Å². The molecule has 0 N–H and O–H groups in total. The van der Waals surface area contributed by atoms with Crippen LogP contribution in [0.4, 0.5) is 0 Å². The molecule has 17 heavy (non-hydrogen) atoms. The Kier molecular flexibility index (Phi) is 7.44. The SMILES string of the molecule is CCOC(=O)C(CCC(C)(C)C)N(CC)CC. The molecule has 0 aromatic heterocycles. The van der Waals surface area contributed by atoms with Crippen molar-refractivity contribution in [3.8, 4) is 0 Å². The summed E-state index contributed by atoms with van der Waals surface area (Å²) >= 11 is 0. The lowest BCUT2D eigenvalue weighted by molar-refractivity contribution is -0.150. The van der Waals surface area contributed by atoms with Gasteiger partial charge in [-0.1, -0.05) is 34.6 Å². The lowest BCUT2D eigenvalue weighted by Gasteiger charge is -2.30. The van der Waals surface area contributed by atoms with Gasteiger partial charge in [-0.05, 0) is 38.3 Å². The van der Waals surface area contributed by atoms with Crippen molar-refractivity contribution in [1.82, 2.24) is 4.90 Å². The van der Waals surface area contributed by atoms with Crippen LogP contribution in [0, 0.1) is 5.41 Å². The number of ether oxygens (including phenoxy) is 1. The van der Waals surface area contributed by atoms with Crippen LogP contribution in [0.25, 0.3) is 0 Å². The van der Waals surface area contributed by atoms with E-state index in [1.54, 1.807) is 0 Å². The molecule has 0 aliphatic carbocycles. The average Bonchev–Trinajstić information content (AvgIpc) is 2.23. The maximum Gasteiger partial charge on any atom is 0.323 e. The van der Waals surface area contributed by atoms with Gasteiger partial charge in [0.2, 0.25) is 0 Å². The molecule has 1 atom stereocenters.